The van der Waals surface area contributed by atoms with Crippen molar-refractivity contribution in [1.82, 2.24) is 4.90 Å². The third-order valence-electron chi connectivity index (χ3n) is 7.15. The minimum Gasteiger partial charge on any atom is -0.495 e. The number of hydrogen-bond donors (Lipinski definition) is 2. The Hall–Kier alpha value is -3.58. The molecule has 0 radical (unpaired) electrons. The molecule has 6 nitrogen and oxygen atoms in total. The molecule has 0 saturated carbocycles. The Kier molecular flexibility index (Phi) is 7.60. The predicted octanol–water partition coefficient (Wildman–Crippen LogP) is 5.46. The molecule has 0 aromatic heterocycles. The minimum absolute atomic E-state index is 0.0120. The van der Waals surface area contributed by atoms with E-state index in [0.717, 1.165) is 66.0 Å². The van der Waals surface area contributed by atoms with Gasteiger partial charge in [-0.05, 0) is 47.9 Å². The summed E-state index contributed by atoms with van der Waals surface area (Å²) in [5.41, 5.74) is 7.51. The van der Waals surface area contributed by atoms with E-state index in [4.69, 9.17) is 4.74 Å². The highest BCUT2D eigenvalue weighted by Crippen LogP contribution is 2.33. The quantitative estimate of drug-likeness (QED) is 0.416. The second kappa shape index (κ2) is 11.2. The van der Waals surface area contributed by atoms with Crippen molar-refractivity contribution in [3.8, 4) is 5.75 Å². The summed E-state index contributed by atoms with van der Waals surface area (Å²) in [4.78, 5) is 17.5. The van der Waals surface area contributed by atoms with E-state index in [1.807, 2.05) is 24.3 Å². The molecule has 7 heteroatoms. The normalized spacial score (nSPS) is 17.0. The summed E-state index contributed by atoms with van der Waals surface area (Å²) in [7, 11) is 1.72. The second-order valence-corrected chi connectivity index (χ2v) is 10.5. The van der Waals surface area contributed by atoms with Gasteiger partial charge < -0.3 is 25.2 Å². The molecule has 0 bridgehead atoms. The molecular weight excluding hydrogens is 480 g/mol. The van der Waals surface area contributed by atoms with Crippen molar-refractivity contribution in [3.05, 3.63) is 90.0 Å². The molecular formula is C30H34N4O2S. The van der Waals surface area contributed by atoms with E-state index in [9.17, 15) is 4.79 Å². The first-order valence-electron chi connectivity index (χ1n) is 12.7. The smallest absolute Gasteiger partial charge is 0.247 e. The van der Waals surface area contributed by atoms with Crippen LogP contribution in [-0.4, -0.2) is 55.9 Å². The molecule has 0 spiro atoms. The van der Waals surface area contributed by atoms with Crippen molar-refractivity contribution in [2.45, 2.75) is 18.7 Å². The highest BCUT2D eigenvalue weighted by atomic mass is 32.2. The number of fused-ring (bicyclic) bond motifs is 1. The molecule has 0 unspecified atom stereocenters. The molecule has 0 aliphatic carbocycles. The Labute approximate surface area is 223 Å². The number of methoxy groups -OCH3 is 1. The third-order valence-corrected chi connectivity index (χ3v) is 8.23. The standard InChI is InChI=1S/C30H34N4O2S/c1-21-8-4-5-9-24(21)19-37-20-27-30(35)32-26-18-23(12-13-25(26)31-27)22(2)33-14-16-34(17-15-33)28-10-6-7-11-29(28)36-3/h4-13,18,27,31H,2,14-17,19-20H2,1,3H3,(H,32,35)/t27-/m0/s1. The average Bonchev–Trinajstić information content (AvgIpc) is 2.93. The largest absolute Gasteiger partial charge is 0.495 e. The lowest BCUT2D eigenvalue weighted by molar-refractivity contribution is -0.116. The maximum absolute atomic E-state index is 12.8. The number of ether oxygens (including phenoxy) is 1. The predicted molar refractivity (Wildman–Crippen MR) is 156 cm³/mol. The van der Waals surface area contributed by atoms with Gasteiger partial charge in [-0.15, -0.1) is 0 Å². The van der Waals surface area contributed by atoms with Gasteiger partial charge in [0.05, 0.1) is 24.2 Å². The van der Waals surface area contributed by atoms with Gasteiger partial charge in [-0.3, -0.25) is 4.79 Å². The van der Waals surface area contributed by atoms with E-state index in [0.29, 0.717) is 5.75 Å². The van der Waals surface area contributed by atoms with Crippen molar-refractivity contribution in [1.29, 1.82) is 0 Å². The third kappa shape index (κ3) is 5.57. The first-order valence-corrected chi connectivity index (χ1v) is 13.8. The van der Waals surface area contributed by atoms with Crippen LogP contribution < -0.4 is 20.3 Å². The molecule has 3 aromatic carbocycles. The van der Waals surface area contributed by atoms with Gasteiger partial charge in [0, 0.05) is 43.4 Å². The number of aryl methyl sites for hydroxylation is 1. The van der Waals surface area contributed by atoms with Gasteiger partial charge in [-0.2, -0.15) is 11.8 Å². The molecule has 1 atom stereocenters. The van der Waals surface area contributed by atoms with Gasteiger partial charge in [0.25, 0.3) is 0 Å². The van der Waals surface area contributed by atoms with Gasteiger partial charge in [0.1, 0.15) is 11.8 Å². The Morgan fingerprint density at radius 1 is 1.03 bits per heavy atom. The van der Waals surface area contributed by atoms with E-state index in [1.54, 1.807) is 18.9 Å². The summed E-state index contributed by atoms with van der Waals surface area (Å²) in [6.07, 6.45) is 0. The van der Waals surface area contributed by atoms with Gasteiger partial charge in [0.2, 0.25) is 5.91 Å². The zero-order chi connectivity index (χ0) is 25.8. The number of thioether (sulfide) groups is 1. The summed E-state index contributed by atoms with van der Waals surface area (Å²) in [6, 6.07) is 22.5. The molecule has 5 rings (SSSR count). The van der Waals surface area contributed by atoms with Crippen LogP contribution in [0.25, 0.3) is 5.70 Å². The Bertz CT molecular complexity index is 1290. The first kappa shape index (κ1) is 25.1. The van der Waals surface area contributed by atoms with Gasteiger partial charge >= 0.3 is 0 Å². The fourth-order valence-electron chi connectivity index (χ4n) is 4.89. The maximum Gasteiger partial charge on any atom is 0.247 e. The zero-order valence-electron chi connectivity index (χ0n) is 21.5. The highest BCUT2D eigenvalue weighted by Gasteiger charge is 2.27. The van der Waals surface area contributed by atoms with Crippen LogP contribution in [0.2, 0.25) is 0 Å². The number of carbonyl (C=O) groups excluding carboxylic acids is 1. The van der Waals surface area contributed by atoms with E-state index in [-0.39, 0.29) is 11.9 Å². The molecule has 2 aliphatic heterocycles. The molecule has 3 aromatic rings. The lowest BCUT2D eigenvalue weighted by atomic mass is 10.1. The van der Waals surface area contributed by atoms with Crippen LogP contribution in [0, 0.1) is 6.92 Å². The van der Waals surface area contributed by atoms with Crippen LogP contribution in [0.3, 0.4) is 0 Å². The average molecular weight is 515 g/mol. The minimum atomic E-state index is -0.251. The summed E-state index contributed by atoms with van der Waals surface area (Å²) in [6.45, 7) is 10.0. The number of hydrogen-bond acceptors (Lipinski definition) is 6. The van der Waals surface area contributed by atoms with Crippen LogP contribution in [0.1, 0.15) is 16.7 Å². The molecule has 2 aliphatic rings. The number of rotatable bonds is 8. The number of amides is 1. The Morgan fingerprint density at radius 3 is 2.57 bits per heavy atom. The van der Waals surface area contributed by atoms with Gasteiger partial charge in [-0.1, -0.05) is 49.0 Å². The lowest BCUT2D eigenvalue weighted by Gasteiger charge is -2.39. The Balaban J connectivity index is 1.18. The van der Waals surface area contributed by atoms with Crippen LogP contribution in [0.5, 0.6) is 5.75 Å². The van der Waals surface area contributed by atoms with Crippen LogP contribution in [-0.2, 0) is 10.5 Å². The van der Waals surface area contributed by atoms with E-state index in [2.05, 4.69) is 76.4 Å². The summed E-state index contributed by atoms with van der Waals surface area (Å²) < 4.78 is 5.54. The maximum atomic E-state index is 12.8. The zero-order valence-corrected chi connectivity index (χ0v) is 22.3. The van der Waals surface area contributed by atoms with Crippen LogP contribution in [0.15, 0.2) is 73.3 Å². The summed E-state index contributed by atoms with van der Waals surface area (Å²) in [5, 5.41) is 6.55. The highest BCUT2D eigenvalue weighted by molar-refractivity contribution is 7.98. The molecule has 192 valence electrons. The van der Waals surface area contributed by atoms with Crippen molar-refractivity contribution in [2.24, 2.45) is 0 Å². The molecule has 37 heavy (non-hydrogen) atoms. The number of benzene rings is 3. The van der Waals surface area contributed by atoms with Crippen molar-refractivity contribution in [2.75, 3.05) is 54.6 Å². The van der Waals surface area contributed by atoms with Crippen LogP contribution >= 0.6 is 11.8 Å². The number of para-hydroxylation sites is 2. The fourth-order valence-corrected chi connectivity index (χ4v) is 6.03. The second-order valence-electron chi connectivity index (χ2n) is 9.48. The topological polar surface area (TPSA) is 56.8 Å². The lowest BCUT2D eigenvalue weighted by Crippen LogP contribution is -2.45. The number of nitrogens with zero attached hydrogens (tertiary/aromatic N) is 2. The molecule has 1 amide bonds. The van der Waals surface area contributed by atoms with Gasteiger partial charge in [-0.25, -0.2) is 0 Å². The number of nitrogens with one attached hydrogen (secondary N) is 2. The monoisotopic (exact) mass is 514 g/mol. The molecule has 2 N–H and O–H groups in total. The number of anilines is 3. The van der Waals surface area contributed by atoms with E-state index in [1.165, 1.54) is 11.1 Å². The summed E-state index contributed by atoms with van der Waals surface area (Å²) >= 11 is 1.78. The molecule has 1 saturated heterocycles. The Morgan fingerprint density at radius 2 is 1.78 bits per heavy atom. The summed E-state index contributed by atoms with van der Waals surface area (Å²) in [5.74, 6) is 2.52. The van der Waals surface area contributed by atoms with Crippen molar-refractivity contribution >= 4 is 40.4 Å². The van der Waals surface area contributed by atoms with E-state index >= 15 is 0 Å². The first-order chi connectivity index (χ1) is 18.0. The molecule has 2 heterocycles. The molecule has 1 fully saturated rings. The SMILES string of the molecule is C=C(c1ccc2c(c1)NC(=O)[C@H](CSCc1ccccc1C)N2)N1CCN(c2ccccc2OC)CC1. The number of carbonyl (C=O) groups is 1. The van der Waals surface area contributed by atoms with Crippen LogP contribution in [0.4, 0.5) is 17.1 Å². The number of piperazine rings is 1. The van der Waals surface area contributed by atoms with Crippen molar-refractivity contribution < 1.29 is 9.53 Å². The van der Waals surface area contributed by atoms with Crippen molar-refractivity contribution in [3.63, 3.8) is 0 Å². The van der Waals surface area contributed by atoms with Gasteiger partial charge in [0.15, 0.2) is 0 Å². The fraction of sp³-hybridized carbons (Fsp3) is 0.300. The van der Waals surface area contributed by atoms with E-state index < -0.39 is 0 Å².